The van der Waals surface area contributed by atoms with Crippen molar-refractivity contribution in [3.8, 4) is 5.75 Å². The smallest absolute Gasteiger partial charge is 0.248 e. The Labute approximate surface area is 218 Å². The van der Waals surface area contributed by atoms with E-state index in [2.05, 4.69) is 4.90 Å². The topological polar surface area (TPSA) is 82.6 Å². The molecule has 2 aliphatic heterocycles. The monoisotopic (exact) mass is 522 g/mol. The summed E-state index contributed by atoms with van der Waals surface area (Å²) in [5.41, 5.74) is 1.82. The molecular weight excluding hydrogens is 480 g/mol. The van der Waals surface area contributed by atoms with Gasteiger partial charge in [0.05, 0.1) is 30.7 Å². The maximum atomic E-state index is 13.0. The number of amides is 2. The average Bonchev–Trinajstić information content (AvgIpc) is 3.57. The molecule has 2 heterocycles. The van der Waals surface area contributed by atoms with Crippen molar-refractivity contribution >= 4 is 22.8 Å². The van der Waals surface area contributed by atoms with Crippen molar-refractivity contribution in [2.24, 2.45) is 0 Å². The maximum absolute atomic E-state index is 13.0. The molecule has 2 saturated heterocycles. The number of benzene rings is 1. The van der Waals surface area contributed by atoms with E-state index in [-0.39, 0.29) is 30.5 Å². The van der Waals surface area contributed by atoms with Gasteiger partial charge in [-0.25, -0.2) is 8.51 Å². The minimum Gasteiger partial charge on any atom is -0.497 e. The van der Waals surface area contributed by atoms with Crippen LogP contribution in [-0.4, -0.2) is 114 Å². The van der Waals surface area contributed by atoms with Crippen LogP contribution < -0.4 is 4.74 Å². The molecule has 1 aromatic rings. The van der Waals surface area contributed by atoms with E-state index in [0.717, 1.165) is 54.1 Å². The normalized spacial score (nSPS) is 20.1. The van der Waals surface area contributed by atoms with Crippen LogP contribution in [0.25, 0.3) is 0 Å². The number of aryl methyl sites for hydroxylation is 2. The number of ether oxygens (including phenoxy) is 2. The van der Waals surface area contributed by atoms with E-state index in [1.54, 1.807) is 30.4 Å². The summed E-state index contributed by atoms with van der Waals surface area (Å²) >= 11 is 0. The fourth-order valence-corrected chi connectivity index (χ4v) is 6.23. The molecule has 1 aromatic carbocycles. The summed E-state index contributed by atoms with van der Waals surface area (Å²) in [6, 6.07) is 3.67. The summed E-state index contributed by atoms with van der Waals surface area (Å²) in [7, 11) is 3.84. The van der Waals surface area contributed by atoms with Gasteiger partial charge in [0.15, 0.2) is 0 Å². The van der Waals surface area contributed by atoms with Crippen molar-refractivity contribution in [2.75, 3.05) is 67.1 Å². The third-order valence-electron chi connectivity index (χ3n) is 7.37. The third kappa shape index (κ3) is 6.85. The zero-order valence-electron chi connectivity index (χ0n) is 22.6. The number of carbonyl (C=O) groups excluding carboxylic acids is 2. The molecule has 0 aromatic heterocycles. The van der Waals surface area contributed by atoms with E-state index in [4.69, 9.17) is 9.47 Å². The summed E-state index contributed by atoms with van der Waals surface area (Å²) < 4.78 is 25.7. The van der Waals surface area contributed by atoms with E-state index in [1.807, 2.05) is 37.8 Å². The van der Waals surface area contributed by atoms with Gasteiger partial charge < -0.3 is 19.3 Å². The van der Waals surface area contributed by atoms with Gasteiger partial charge in [0.2, 0.25) is 11.8 Å². The highest BCUT2D eigenvalue weighted by Crippen LogP contribution is 2.25. The zero-order valence-corrected chi connectivity index (χ0v) is 23.4. The lowest BCUT2D eigenvalue weighted by Crippen LogP contribution is -2.47. The molecule has 9 nitrogen and oxygen atoms in total. The van der Waals surface area contributed by atoms with Gasteiger partial charge in [-0.1, -0.05) is 0 Å². The summed E-state index contributed by atoms with van der Waals surface area (Å²) in [5, 5.41) is 0. The first-order valence-corrected chi connectivity index (χ1v) is 13.9. The first kappa shape index (κ1) is 28.6. The van der Waals surface area contributed by atoms with Crippen LogP contribution in [-0.2, 0) is 25.3 Å². The highest BCUT2D eigenvalue weighted by Gasteiger charge is 2.35. The molecule has 2 amide bonds. The molecule has 36 heavy (non-hydrogen) atoms. The number of hydrogen-bond donors (Lipinski definition) is 0. The van der Waals surface area contributed by atoms with E-state index < -0.39 is 11.0 Å². The van der Waals surface area contributed by atoms with Crippen LogP contribution in [0.1, 0.15) is 37.3 Å². The quantitative estimate of drug-likeness (QED) is 0.413. The molecule has 2 aliphatic rings. The van der Waals surface area contributed by atoms with Crippen molar-refractivity contribution in [3.05, 3.63) is 23.3 Å². The summed E-state index contributed by atoms with van der Waals surface area (Å²) in [5.74, 6) is 0.803. The first-order valence-electron chi connectivity index (χ1n) is 12.8. The number of likely N-dealkylation sites (N-methyl/N-ethyl adjacent to an activating group) is 2. The Balaban J connectivity index is 1.41. The zero-order chi connectivity index (χ0) is 26.4. The van der Waals surface area contributed by atoms with Crippen molar-refractivity contribution < 1.29 is 23.3 Å². The molecule has 0 aliphatic carbocycles. The van der Waals surface area contributed by atoms with Gasteiger partial charge in [0.25, 0.3) is 0 Å². The van der Waals surface area contributed by atoms with Gasteiger partial charge in [-0.05, 0) is 76.4 Å². The number of methoxy groups -OCH3 is 1. The Morgan fingerprint density at radius 2 is 1.78 bits per heavy atom. The van der Waals surface area contributed by atoms with Gasteiger partial charge in [-0.15, -0.1) is 0 Å². The number of nitrogens with zero attached hydrogens (tertiary/aromatic N) is 4. The molecule has 0 spiro atoms. The lowest BCUT2D eigenvalue weighted by Gasteiger charge is -2.29. The first-order chi connectivity index (χ1) is 17.1. The number of rotatable bonds is 11. The van der Waals surface area contributed by atoms with Crippen molar-refractivity contribution in [3.63, 3.8) is 0 Å². The minimum atomic E-state index is -1.34. The van der Waals surface area contributed by atoms with E-state index in [9.17, 15) is 13.8 Å². The largest absolute Gasteiger partial charge is 0.497 e. The fraction of sp³-hybridized carbons (Fsp3) is 0.692. The molecule has 3 rings (SSSR count). The van der Waals surface area contributed by atoms with Gasteiger partial charge in [-0.3, -0.25) is 14.5 Å². The SMILES string of the molecule is COc1cc(C)c(S(=O)N(C)CCOCC(=O)N(C)C2CCN(C(=O)C(C)N3CCCC3)C2)c(C)c1. The number of hydrogen-bond acceptors (Lipinski definition) is 6. The van der Waals surface area contributed by atoms with Crippen LogP contribution in [0.2, 0.25) is 0 Å². The predicted molar refractivity (Wildman–Crippen MR) is 140 cm³/mol. The molecule has 2 fully saturated rings. The molecular formula is C26H42N4O5S. The number of carbonyl (C=O) groups is 2. The Bertz CT molecular complexity index is 929. The fourth-order valence-electron chi connectivity index (χ4n) is 5.01. The van der Waals surface area contributed by atoms with E-state index in [1.165, 1.54) is 0 Å². The van der Waals surface area contributed by atoms with Crippen molar-refractivity contribution in [1.82, 2.24) is 19.0 Å². The lowest BCUT2D eigenvalue weighted by molar-refractivity contribution is -0.138. The lowest BCUT2D eigenvalue weighted by atomic mass is 10.1. The minimum absolute atomic E-state index is 0.00651. The Morgan fingerprint density at radius 1 is 1.14 bits per heavy atom. The van der Waals surface area contributed by atoms with Crippen LogP contribution in [0.5, 0.6) is 5.75 Å². The van der Waals surface area contributed by atoms with Crippen LogP contribution >= 0.6 is 0 Å². The second-order valence-electron chi connectivity index (χ2n) is 9.89. The Kier molecular flexibility index (Phi) is 10.3. The van der Waals surface area contributed by atoms with Gasteiger partial charge in [0, 0.05) is 33.7 Å². The molecule has 10 heteroatoms. The Morgan fingerprint density at radius 3 is 2.39 bits per heavy atom. The summed E-state index contributed by atoms with van der Waals surface area (Å²) in [6.45, 7) is 9.75. The standard InChI is InChI=1S/C26H42N4O5S/c1-19-15-23(34-6)16-20(2)25(19)36(33)27(4)13-14-35-18-24(31)28(5)22-9-12-30(17-22)26(32)21(3)29-10-7-8-11-29/h15-16,21-22H,7-14,17-18H2,1-6H3. The Hall–Kier alpha value is -2.01. The van der Waals surface area contributed by atoms with Crippen LogP contribution in [0, 0.1) is 13.8 Å². The van der Waals surface area contributed by atoms with E-state index >= 15 is 0 Å². The molecule has 3 unspecified atom stereocenters. The maximum Gasteiger partial charge on any atom is 0.248 e. The second-order valence-corrected chi connectivity index (χ2v) is 11.4. The molecule has 0 bridgehead atoms. The highest BCUT2D eigenvalue weighted by molar-refractivity contribution is 7.82. The molecule has 3 atom stereocenters. The molecule has 0 saturated carbocycles. The van der Waals surface area contributed by atoms with E-state index in [0.29, 0.717) is 26.2 Å². The average molecular weight is 523 g/mol. The molecule has 0 radical (unpaired) electrons. The van der Waals surface area contributed by atoms with Crippen LogP contribution in [0.15, 0.2) is 17.0 Å². The van der Waals surface area contributed by atoms with Crippen LogP contribution in [0.4, 0.5) is 0 Å². The van der Waals surface area contributed by atoms with Gasteiger partial charge in [0.1, 0.15) is 23.3 Å². The predicted octanol–water partition coefficient (Wildman–Crippen LogP) is 1.83. The van der Waals surface area contributed by atoms with Crippen molar-refractivity contribution in [1.29, 1.82) is 0 Å². The summed E-state index contributed by atoms with van der Waals surface area (Å²) in [6.07, 6.45) is 3.09. The van der Waals surface area contributed by atoms with Crippen molar-refractivity contribution in [2.45, 2.75) is 57.0 Å². The van der Waals surface area contributed by atoms with Gasteiger partial charge in [-0.2, -0.15) is 0 Å². The molecule has 0 N–H and O–H groups in total. The van der Waals surface area contributed by atoms with Crippen LogP contribution in [0.3, 0.4) is 0 Å². The second kappa shape index (κ2) is 13.0. The third-order valence-corrected chi connectivity index (χ3v) is 9.11. The summed E-state index contributed by atoms with van der Waals surface area (Å²) in [4.78, 5) is 32.2. The molecule has 202 valence electrons. The highest BCUT2D eigenvalue weighted by atomic mass is 32.2. The van der Waals surface area contributed by atoms with Gasteiger partial charge >= 0.3 is 0 Å². The number of likely N-dealkylation sites (tertiary alicyclic amines) is 2.